The van der Waals surface area contributed by atoms with Crippen LogP contribution in [-0.4, -0.2) is 14.1 Å². The summed E-state index contributed by atoms with van der Waals surface area (Å²) in [5, 5.41) is 6.77. The van der Waals surface area contributed by atoms with E-state index < -0.39 is 0 Å². The summed E-state index contributed by atoms with van der Waals surface area (Å²) in [6.07, 6.45) is 0. The zero-order valence-electron chi connectivity index (χ0n) is 25.9. The summed E-state index contributed by atoms with van der Waals surface area (Å²) in [5.74, 6) is 0. The lowest BCUT2D eigenvalue weighted by Gasteiger charge is -2.16. The molecule has 3 nitrogen and oxygen atoms in total. The highest BCUT2D eigenvalue weighted by atomic mass is 35.5. The molecule has 3 heterocycles. The Kier molecular flexibility index (Phi) is 5.93. The van der Waals surface area contributed by atoms with Crippen molar-refractivity contribution < 1.29 is 0 Å². The van der Waals surface area contributed by atoms with E-state index in [1.165, 1.54) is 43.6 Å². The molecule has 4 heteroatoms. The quantitative estimate of drug-likeness (QED) is 0.199. The molecule has 0 spiro atoms. The third-order valence-corrected chi connectivity index (χ3v) is 9.90. The number of hydrogen-bond donors (Lipinski definition) is 1. The van der Waals surface area contributed by atoms with Gasteiger partial charge in [-0.2, -0.15) is 0 Å². The predicted molar refractivity (Wildman–Crippen MR) is 203 cm³/mol. The van der Waals surface area contributed by atoms with Gasteiger partial charge in [-0.25, -0.2) is 0 Å². The first kappa shape index (κ1) is 27.1. The maximum Gasteiger partial charge on any atom is 0.0541 e. The number of halogens is 1. The molecule has 7 aromatic carbocycles. The number of nitrogens with one attached hydrogen (secondary N) is 1. The molecular formula is C44H28ClN3. The largest absolute Gasteiger partial charge is 0.354 e. The Morgan fingerprint density at radius 1 is 0.396 bits per heavy atom. The van der Waals surface area contributed by atoms with E-state index in [4.69, 9.17) is 11.6 Å². The minimum atomic E-state index is 0.694. The average Bonchev–Trinajstić information content (AvgIpc) is 3.82. The first-order chi connectivity index (χ1) is 23.7. The van der Waals surface area contributed by atoms with Gasteiger partial charge in [0.25, 0.3) is 0 Å². The summed E-state index contributed by atoms with van der Waals surface area (Å²) < 4.78 is 4.81. The monoisotopic (exact) mass is 633 g/mol. The Hall–Kier alpha value is -6.03. The van der Waals surface area contributed by atoms with Crippen molar-refractivity contribution in [3.05, 3.63) is 169 Å². The van der Waals surface area contributed by atoms with Crippen LogP contribution >= 0.6 is 11.6 Å². The van der Waals surface area contributed by atoms with Crippen LogP contribution < -0.4 is 0 Å². The van der Waals surface area contributed by atoms with Crippen molar-refractivity contribution >= 4 is 66.1 Å². The predicted octanol–water partition coefficient (Wildman–Crippen LogP) is 12.3. The molecule has 0 aliphatic carbocycles. The molecule has 0 aliphatic heterocycles. The van der Waals surface area contributed by atoms with Gasteiger partial charge in [-0.3, -0.25) is 0 Å². The van der Waals surface area contributed by atoms with Crippen molar-refractivity contribution in [2.24, 2.45) is 0 Å². The number of H-pyrrole nitrogens is 1. The number of aromatic amines is 1. The lowest BCUT2D eigenvalue weighted by molar-refractivity contribution is 1.13. The minimum Gasteiger partial charge on any atom is -0.354 e. The zero-order valence-corrected chi connectivity index (χ0v) is 26.6. The summed E-state index contributed by atoms with van der Waals surface area (Å²) in [4.78, 5) is 3.65. The van der Waals surface area contributed by atoms with E-state index in [0.717, 1.165) is 44.7 Å². The van der Waals surface area contributed by atoms with Gasteiger partial charge in [-0.05, 0) is 77.4 Å². The lowest BCUT2D eigenvalue weighted by Crippen LogP contribution is -2.00. The second-order valence-corrected chi connectivity index (χ2v) is 12.9. The van der Waals surface area contributed by atoms with Crippen LogP contribution in [0.5, 0.6) is 0 Å². The lowest BCUT2D eigenvalue weighted by atomic mass is 9.99. The Labute approximate surface area is 281 Å². The van der Waals surface area contributed by atoms with Crippen molar-refractivity contribution in [2.75, 3.05) is 0 Å². The van der Waals surface area contributed by atoms with Gasteiger partial charge in [0, 0.05) is 54.5 Å². The fourth-order valence-corrected chi connectivity index (χ4v) is 7.84. The molecule has 0 radical (unpaired) electrons. The van der Waals surface area contributed by atoms with E-state index >= 15 is 0 Å². The van der Waals surface area contributed by atoms with Gasteiger partial charge in [0.2, 0.25) is 0 Å². The van der Waals surface area contributed by atoms with Crippen LogP contribution in [0.1, 0.15) is 0 Å². The first-order valence-electron chi connectivity index (χ1n) is 16.2. The van der Waals surface area contributed by atoms with Crippen molar-refractivity contribution in [2.45, 2.75) is 0 Å². The second kappa shape index (κ2) is 10.5. The molecule has 48 heavy (non-hydrogen) atoms. The van der Waals surface area contributed by atoms with E-state index in [-0.39, 0.29) is 0 Å². The number of aromatic nitrogens is 3. The summed E-state index contributed by atoms with van der Waals surface area (Å²) in [6, 6.07) is 58.6. The molecular weight excluding hydrogens is 606 g/mol. The van der Waals surface area contributed by atoms with Crippen LogP contribution in [-0.2, 0) is 0 Å². The number of hydrogen-bond acceptors (Lipinski definition) is 0. The molecule has 10 aromatic rings. The van der Waals surface area contributed by atoms with Crippen LogP contribution in [0.2, 0.25) is 5.02 Å². The van der Waals surface area contributed by atoms with Crippen molar-refractivity contribution in [1.82, 2.24) is 14.1 Å². The molecule has 0 fully saturated rings. The van der Waals surface area contributed by atoms with Gasteiger partial charge in [0.1, 0.15) is 0 Å². The molecule has 0 aliphatic rings. The molecule has 0 saturated heterocycles. The van der Waals surface area contributed by atoms with E-state index in [0.29, 0.717) is 5.02 Å². The molecule has 10 rings (SSSR count). The van der Waals surface area contributed by atoms with E-state index in [2.05, 4.69) is 166 Å². The minimum absolute atomic E-state index is 0.694. The first-order valence-corrected chi connectivity index (χ1v) is 16.6. The molecule has 0 unspecified atom stereocenters. The molecule has 226 valence electrons. The van der Waals surface area contributed by atoms with Gasteiger partial charge >= 0.3 is 0 Å². The van der Waals surface area contributed by atoms with Crippen LogP contribution in [0.15, 0.2) is 164 Å². The molecule has 1 N–H and O–H groups in total. The van der Waals surface area contributed by atoms with Crippen molar-refractivity contribution in [1.29, 1.82) is 0 Å². The highest BCUT2D eigenvalue weighted by molar-refractivity contribution is 6.32. The zero-order chi connectivity index (χ0) is 31.8. The van der Waals surface area contributed by atoms with E-state index in [1.54, 1.807) is 0 Å². The number of nitrogens with zero attached hydrogens (tertiary/aromatic N) is 2. The van der Waals surface area contributed by atoms with Crippen LogP contribution in [0.3, 0.4) is 0 Å². The fourth-order valence-electron chi connectivity index (χ4n) is 7.62. The average molecular weight is 634 g/mol. The number of benzene rings is 7. The maximum absolute atomic E-state index is 6.89. The third kappa shape index (κ3) is 4.08. The van der Waals surface area contributed by atoms with Crippen LogP contribution in [0, 0.1) is 0 Å². The van der Waals surface area contributed by atoms with Gasteiger partial charge in [-0.15, -0.1) is 0 Å². The summed E-state index contributed by atoms with van der Waals surface area (Å²) in [5.41, 5.74) is 12.3. The van der Waals surface area contributed by atoms with E-state index in [1.807, 2.05) is 12.1 Å². The normalized spacial score (nSPS) is 11.9. The Morgan fingerprint density at radius 3 is 1.35 bits per heavy atom. The number of rotatable bonds is 4. The SMILES string of the molecule is Clc1cc(-c2cc(-n3c4ccccc4c4ccccc43)cc(-n3c4ccccc4c4ccccc43)c2)c2cc(-c3ccccc3)[nH]c2c1. The topological polar surface area (TPSA) is 25.6 Å². The molecule has 3 aromatic heterocycles. The molecule has 0 atom stereocenters. The maximum atomic E-state index is 6.89. The number of para-hydroxylation sites is 4. The fraction of sp³-hybridized carbons (Fsp3) is 0. The second-order valence-electron chi connectivity index (χ2n) is 12.4. The molecule has 0 bridgehead atoms. The van der Waals surface area contributed by atoms with Gasteiger partial charge in [-0.1, -0.05) is 115 Å². The van der Waals surface area contributed by atoms with Gasteiger partial charge in [0.05, 0.1) is 22.1 Å². The molecule has 0 amide bonds. The summed E-state index contributed by atoms with van der Waals surface area (Å²) in [6.45, 7) is 0. The standard InChI is InChI=1S/C44H28ClN3/c45-30-24-37(38-27-39(46-40(38)25-30)28-12-2-1-3-13-28)29-22-31(47-41-18-8-4-14-33(41)34-15-5-9-19-42(34)47)26-32(23-29)48-43-20-10-6-16-35(43)36-17-7-11-21-44(36)48/h1-27,46H. The van der Waals surface area contributed by atoms with Crippen LogP contribution in [0.4, 0.5) is 0 Å². The summed E-state index contributed by atoms with van der Waals surface area (Å²) in [7, 11) is 0. The van der Waals surface area contributed by atoms with Crippen molar-refractivity contribution in [3.63, 3.8) is 0 Å². The van der Waals surface area contributed by atoms with E-state index in [9.17, 15) is 0 Å². The van der Waals surface area contributed by atoms with Gasteiger partial charge < -0.3 is 14.1 Å². The Morgan fingerprint density at radius 2 is 0.854 bits per heavy atom. The third-order valence-electron chi connectivity index (χ3n) is 9.68. The molecule has 0 saturated carbocycles. The highest BCUT2D eigenvalue weighted by Gasteiger charge is 2.19. The Bertz CT molecular complexity index is 2610. The summed E-state index contributed by atoms with van der Waals surface area (Å²) >= 11 is 6.89. The van der Waals surface area contributed by atoms with Crippen LogP contribution in [0.25, 0.3) is 88.3 Å². The smallest absolute Gasteiger partial charge is 0.0541 e. The van der Waals surface area contributed by atoms with Crippen molar-refractivity contribution in [3.8, 4) is 33.8 Å². The Balaban J connectivity index is 1.32. The highest BCUT2D eigenvalue weighted by Crippen LogP contribution is 2.40. The van der Waals surface area contributed by atoms with Gasteiger partial charge in [0.15, 0.2) is 0 Å². The number of fused-ring (bicyclic) bond motifs is 7.